The van der Waals surface area contributed by atoms with Crippen molar-refractivity contribution in [3.8, 4) is 21.6 Å². The molecular formula is C4H4FeN5S4. The maximum Gasteiger partial charge on any atom is 3.00 e. The first-order valence-corrected chi connectivity index (χ1v) is 3.34. The monoisotopic (exact) mass is 306 g/mol. The number of nitrogens with zero attached hydrogens (tertiary/aromatic N) is 4. The van der Waals surface area contributed by atoms with Gasteiger partial charge >= 0.3 is 17.1 Å². The van der Waals surface area contributed by atoms with Crippen LogP contribution in [-0.2, 0) is 67.6 Å². The van der Waals surface area contributed by atoms with Crippen LogP contribution < -0.4 is 6.15 Å². The second-order valence-corrected chi connectivity index (χ2v) is 1.10. The molecule has 0 aliphatic rings. The zero-order valence-corrected chi connectivity index (χ0v) is 11.1. The fraction of sp³-hybridized carbons (Fsp3) is 0. The van der Waals surface area contributed by atoms with Gasteiger partial charge in [-0.3, -0.25) is 0 Å². The molecule has 0 aliphatic heterocycles. The van der Waals surface area contributed by atoms with Crippen LogP contribution >= 0.6 is 0 Å². The summed E-state index contributed by atoms with van der Waals surface area (Å²) in [6.07, 6.45) is 0. The van der Waals surface area contributed by atoms with Gasteiger partial charge < -0.3 is 56.7 Å². The predicted octanol–water partition coefficient (Wildman–Crippen LogP) is 0.431. The first-order chi connectivity index (χ1) is 5.66. The Labute approximate surface area is 116 Å². The molecular weight excluding hydrogens is 302 g/mol. The van der Waals surface area contributed by atoms with E-state index in [1.54, 1.807) is 0 Å². The van der Waals surface area contributed by atoms with Crippen molar-refractivity contribution in [2.24, 2.45) is 0 Å². The van der Waals surface area contributed by atoms with E-state index in [0.29, 0.717) is 0 Å². The third-order valence-electron chi connectivity index (χ3n) is 0. The van der Waals surface area contributed by atoms with E-state index in [0.717, 1.165) is 0 Å². The Bertz CT molecular complexity index is 160. The molecule has 0 amide bonds. The molecule has 0 aliphatic carbocycles. The van der Waals surface area contributed by atoms with Crippen LogP contribution in [0.3, 0.4) is 0 Å². The molecule has 10 heteroatoms. The van der Waals surface area contributed by atoms with Crippen molar-refractivity contribution < 1.29 is 17.1 Å². The smallest absolute Gasteiger partial charge is 0.696 e. The van der Waals surface area contributed by atoms with Gasteiger partial charge in [0, 0.05) is 0 Å². The number of thiocyanates is 4. The van der Waals surface area contributed by atoms with Gasteiger partial charge in [0.05, 0.1) is 0 Å². The first-order valence-electron chi connectivity index (χ1n) is 1.71. The summed E-state index contributed by atoms with van der Waals surface area (Å²) in [4.78, 5) is 0. The van der Waals surface area contributed by atoms with E-state index in [4.69, 9.17) is 21.0 Å². The molecule has 4 N–H and O–H groups in total. The molecule has 0 atom stereocenters. The molecule has 0 unspecified atom stereocenters. The minimum absolute atomic E-state index is 0. The van der Waals surface area contributed by atoms with Crippen LogP contribution in [0.15, 0.2) is 0 Å². The maximum atomic E-state index is 7.13. The average molecular weight is 306 g/mol. The number of quaternary nitrogens is 1. The van der Waals surface area contributed by atoms with Crippen LogP contribution in [0.2, 0.25) is 0 Å². The third-order valence-corrected chi connectivity index (χ3v) is 0. The van der Waals surface area contributed by atoms with Gasteiger partial charge in [-0.2, -0.15) is 0 Å². The Morgan fingerprint density at radius 1 is 0.571 bits per heavy atom. The molecule has 0 fully saturated rings. The van der Waals surface area contributed by atoms with Crippen molar-refractivity contribution >= 4 is 50.5 Å². The second kappa shape index (κ2) is 143. The molecule has 0 saturated carbocycles. The molecule has 77 valence electrons. The third kappa shape index (κ3) is 2600. The predicted molar refractivity (Wildman–Crippen MR) is 57.9 cm³/mol. The van der Waals surface area contributed by atoms with Crippen LogP contribution in [0, 0.1) is 42.7 Å². The first kappa shape index (κ1) is 37.7. The van der Waals surface area contributed by atoms with Crippen molar-refractivity contribution in [2.75, 3.05) is 0 Å². The Morgan fingerprint density at radius 3 is 0.571 bits per heavy atom. The number of hydrogen-bond donors (Lipinski definition) is 1. The Balaban J connectivity index is -0.0000000145. The summed E-state index contributed by atoms with van der Waals surface area (Å²) in [6.45, 7) is 0. The van der Waals surface area contributed by atoms with Crippen LogP contribution in [0.5, 0.6) is 0 Å². The minimum Gasteiger partial charge on any atom is -0.696 e. The molecule has 14 heavy (non-hydrogen) atoms. The summed E-state index contributed by atoms with van der Waals surface area (Å²) >= 11 is 14.8. The van der Waals surface area contributed by atoms with Gasteiger partial charge in [0.1, 0.15) is 0 Å². The number of nitriles is 4. The van der Waals surface area contributed by atoms with Gasteiger partial charge in [0.2, 0.25) is 0 Å². The number of hydrogen-bond acceptors (Lipinski definition) is 8. The SMILES string of the molecule is N#C[S-].N#C[S-].N#C[S-].N#C[S-].[Fe+3].[NH4+]. The Morgan fingerprint density at radius 2 is 0.571 bits per heavy atom. The van der Waals surface area contributed by atoms with Crippen molar-refractivity contribution in [3.05, 3.63) is 0 Å². The van der Waals surface area contributed by atoms with Gasteiger partial charge in [0.15, 0.2) is 0 Å². The fourth-order valence-electron chi connectivity index (χ4n) is 0. The molecule has 0 bridgehead atoms. The second-order valence-electron chi connectivity index (χ2n) is 0.365. The topological polar surface area (TPSA) is 132 Å². The molecule has 0 aromatic carbocycles. The van der Waals surface area contributed by atoms with Gasteiger partial charge in [-0.1, -0.05) is 21.6 Å². The molecule has 0 heterocycles. The van der Waals surface area contributed by atoms with Gasteiger partial charge in [-0.05, 0) is 0 Å². The van der Waals surface area contributed by atoms with Crippen LogP contribution in [0.4, 0.5) is 0 Å². The van der Waals surface area contributed by atoms with E-state index < -0.39 is 0 Å². The van der Waals surface area contributed by atoms with Crippen molar-refractivity contribution in [1.29, 1.82) is 21.0 Å². The van der Waals surface area contributed by atoms with Crippen molar-refractivity contribution in [2.45, 2.75) is 0 Å². The van der Waals surface area contributed by atoms with Crippen molar-refractivity contribution in [3.63, 3.8) is 0 Å². The Hall–Kier alpha value is -0.681. The van der Waals surface area contributed by atoms with E-state index in [1.165, 1.54) is 21.6 Å². The zero-order chi connectivity index (χ0) is 10.8. The van der Waals surface area contributed by atoms with Crippen LogP contribution in [0.25, 0.3) is 0 Å². The van der Waals surface area contributed by atoms with E-state index in [9.17, 15) is 0 Å². The average Bonchev–Trinajstić information content (AvgIpc) is 1.92. The minimum atomic E-state index is 0. The van der Waals surface area contributed by atoms with Gasteiger partial charge in [-0.15, -0.1) is 0 Å². The molecule has 0 aromatic rings. The quantitative estimate of drug-likeness (QED) is 0.387. The van der Waals surface area contributed by atoms with E-state index in [-0.39, 0.29) is 23.2 Å². The number of rotatable bonds is 0. The van der Waals surface area contributed by atoms with Gasteiger partial charge in [0.25, 0.3) is 0 Å². The van der Waals surface area contributed by atoms with Crippen LogP contribution in [-0.4, -0.2) is 0 Å². The Kier molecular flexibility index (Phi) is 386. The summed E-state index contributed by atoms with van der Waals surface area (Å²) in [5.41, 5.74) is 0. The summed E-state index contributed by atoms with van der Waals surface area (Å²) < 4.78 is 0. The van der Waals surface area contributed by atoms with Crippen molar-refractivity contribution in [1.82, 2.24) is 6.15 Å². The van der Waals surface area contributed by atoms with Gasteiger partial charge in [-0.25, -0.2) is 21.0 Å². The van der Waals surface area contributed by atoms with E-state index >= 15 is 0 Å². The van der Waals surface area contributed by atoms with E-state index in [2.05, 4.69) is 50.5 Å². The summed E-state index contributed by atoms with van der Waals surface area (Å²) in [6, 6.07) is 0. The molecule has 0 aromatic heterocycles. The summed E-state index contributed by atoms with van der Waals surface area (Å²) in [5.74, 6) is 0. The standard InChI is InChI=1S/4CHNS.Fe.H3N/c4*2-1-3;;/h4*3H;;1H3/q;;;;+3;/p-3. The maximum absolute atomic E-state index is 7.13. The summed E-state index contributed by atoms with van der Waals surface area (Å²) in [5, 5.41) is 33.9. The zero-order valence-electron chi connectivity index (χ0n) is 6.78. The molecule has 0 saturated heterocycles. The molecule has 1 radical (unpaired) electrons. The summed E-state index contributed by atoms with van der Waals surface area (Å²) in [7, 11) is 0. The van der Waals surface area contributed by atoms with Crippen LogP contribution in [0.1, 0.15) is 0 Å². The molecule has 0 rings (SSSR count). The largest absolute Gasteiger partial charge is 3.00 e. The molecule has 5 nitrogen and oxygen atoms in total. The molecule has 0 spiro atoms. The normalized spacial score (nSPS) is 2.00. The fourth-order valence-corrected chi connectivity index (χ4v) is 0. The van der Waals surface area contributed by atoms with E-state index in [1.807, 2.05) is 0 Å².